The predicted molar refractivity (Wildman–Crippen MR) is 78.5 cm³/mol. The van der Waals surface area contributed by atoms with E-state index in [2.05, 4.69) is 0 Å². The van der Waals surface area contributed by atoms with Gasteiger partial charge in [-0.25, -0.2) is 0 Å². The van der Waals surface area contributed by atoms with Crippen molar-refractivity contribution in [1.82, 2.24) is 4.90 Å². The third-order valence-corrected chi connectivity index (χ3v) is 4.13. The van der Waals surface area contributed by atoms with Gasteiger partial charge in [-0.1, -0.05) is 6.92 Å². The zero-order valence-electron chi connectivity index (χ0n) is 11.0. The van der Waals surface area contributed by atoms with Crippen LogP contribution in [0.4, 0.5) is 13.2 Å². The van der Waals surface area contributed by atoms with E-state index >= 15 is 0 Å². The monoisotopic (exact) mass is 397 g/mol. The lowest BCUT2D eigenvalue weighted by molar-refractivity contribution is -0.138. The molecule has 0 spiro atoms. The maximum Gasteiger partial charge on any atom is 0.417 e. The molecule has 1 aliphatic heterocycles. The summed E-state index contributed by atoms with van der Waals surface area (Å²) in [6.07, 6.45) is -2.64. The number of halogens is 4. The Hall–Kier alpha value is -0.790. The van der Waals surface area contributed by atoms with Crippen molar-refractivity contribution in [1.29, 1.82) is 0 Å². The first kappa shape index (κ1) is 15.6. The Morgan fingerprint density at radius 2 is 2.10 bits per heavy atom. The van der Waals surface area contributed by atoms with E-state index in [1.165, 1.54) is 17.0 Å². The molecule has 0 aromatic heterocycles. The largest absolute Gasteiger partial charge is 0.417 e. The molecular weight excluding hydrogens is 382 g/mol. The molecule has 0 aliphatic carbocycles. The van der Waals surface area contributed by atoms with Crippen LogP contribution in [-0.4, -0.2) is 23.9 Å². The summed E-state index contributed by atoms with van der Waals surface area (Å²) in [6, 6.07) is 3.85. The van der Waals surface area contributed by atoms with Crippen molar-refractivity contribution >= 4 is 28.5 Å². The molecule has 1 saturated heterocycles. The smallest absolute Gasteiger partial charge is 0.338 e. The van der Waals surface area contributed by atoms with Crippen LogP contribution >= 0.6 is 22.6 Å². The first-order chi connectivity index (χ1) is 9.29. The van der Waals surface area contributed by atoms with E-state index in [1.807, 2.05) is 29.5 Å². The molecule has 2 nitrogen and oxygen atoms in total. The van der Waals surface area contributed by atoms with Gasteiger partial charge in [0.25, 0.3) is 5.91 Å². The van der Waals surface area contributed by atoms with Crippen LogP contribution in [0.2, 0.25) is 0 Å². The summed E-state index contributed by atoms with van der Waals surface area (Å²) < 4.78 is 39.6. The van der Waals surface area contributed by atoms with E-state index in [0.29, 0.717) is 22.6 Å². The Morgan fingerprint density at radius 3 is 2.70 bits per heavy atom. The van der Waals surface area contributed by atoms with E-state index in [-0.39, 0.29) is 5.56 Å². The number of benzene rings is 1. The van der Waals surface area contributed by atoms with Crippen LogP contribution in [0.15, 0.2) is 18.2 Å². The molecular formula is C14H15F3INO. The molecule has 1 fully saturated rings. The molecule has 1 aliphatic rings. The van der Waals surface area contributed by atoms with Gasteiger partial charge >= 0.3 is 6.18 Å². The Morgan fingerprint density at radius 1 is 1.40 bits per heavy atom. The maximum absolute atomic E-state index is 13.1. The molecule has 1 heterocycles. The topological polar surface area (TPSA) is 20.3 Å². The molecule has 6 heteroatoms. The van der Waals surface area contributed by atoms with Crippen LogP contribution in [-0.2, 0) is 6.18 Å². The molecule has 20 heavy (non-hydrogen) atoms. The Labute approximate surface area is 129 Å². The minimum absolute atomic E-state index is 0.244. The van der Waals surface area contributed by atoms with Crippen molar-refractivity contribution in [3.63, 3.8) is 0 Å². The number of alkyl halides is 3. The summed E-state index contributed by atoms with van der Waals surface area (Å²) in [6.45, 7) is 3.08. The van der Waals surface area contributed by atoms with Crippen LogP contribution in [0.3, 0.4) is 0 Å². The fourth-order valence-corrected chi connectivity index (χ4v) is 2.97. The second kappa shape index (κ2) is 5.91. The first-order valence-electron chi connectivity index (χ1n) is 6.45. The molecule has 2 rings (SSSR count). The number of hydrogen-bond donors (Lipinski definition) is 0. The highest BCUT2D eigenvalue weighted by molar-refractivity contribution is 14.1. The lowest BCUT2D eigenvalue weighted by atomic mass is 9.98. The third kappa shape index (κ3) is 3.45. The van der Waals surface area contributed by atoms with E-state index in [0.717, 1.165) is 18.9 Å². The molecule has 0 bridgehead atoms. The molecule has 1 aromatic carbocycles. The minimum Gasteiger partial charge on any atom is -0.338 e. The van der Waals surface area contributed by atoms with Gasteiger partial charge in [0.05, 0.1) is 11.1 Å². The number of piperidine rings is 1. The lowest BCUT2D eigenvalue weighted by Crippen LogP contribution is -2.39. The van der Waals surface area contributed by atoms with Crippen molar-refractivity contribution in [3.05, 3.63) is 32.9 Å². The summed E-state index contributed by atoms with van der Waals surface area (Å²) in [5.41, 5.74) is -1.08. The van der Waals surface area contributed by atoms with Gasteiger partial charge in [0, 0.05) is 16.7 Å². The number of hydrogen-bond acceptors (Lipinski definition) is 1. The van der Waals surface area contributed by atoms with E-state index < -0.39 is 17.6 Å². The highest BCUT2D eigenvalue weighted by Gasteiger charge is 2.36. The van der Waals surface area contributed by atoms with Gasteiger partial charge in [0.1, 0.15) is 0 Å². The Bertz CT molecular complexity index is 516. The number of rotatable bonds is 1. The number of nitrogens with zero attached hydrogens (tertiary/aromatic N) is 1. The lowest BCUT2D eigenvalue weighted by Gasteiger charge is -2.31. The second-order valence-electron chi connectivity index (χ2n) is 5.19. The van der Waals surface area contributed by atoms with Gasteiger partial charge in [-0.05, 0) is 59.5 Å². The average molecular weight is 397 g/mol. The summed E-state index contributed by atoms with van der Waals surface area (Å²) in [5, 5.41) is 0. The fraction of sp³-hybridized carbons (Fsp3) is 0.500. The molecule has 1 aromatic rings. The summed E-state index contributed by atoms with van der Waals surface area (Å²) in [7, 11) is 0. The normalized spacial score (nSPS) is 20.1. The van der Waals surface area contributed by atoms with E-state index in [4.69, 9.17) is 0 Å². The molecule has 0 N–H and O–H groups in total. The van der Waals surface area contributed by atoms with Gasteiger partial charge in [0.15, 0.2) is 0 Å². The van der Waals surface area contributed by atoms with Crippen LogP contribution in [0.5, 0.6) is 0 Å². The van der Waals surface area contributed by atoms with E-state index in [9.17, 15) is 18.0 Å². The molecule has 0 saturated carbocycles. The van der Waals surface area contributed by atoms with Crippen LogP contribution < -0.4 is 0 Å². The molecule has 1 unspecified atom stereocenters. The first-order valence-corrected chi connectivity index (χ1v) is 7.53. The van der Waals surface area contributed by atoms with Gasteiger partial charge < -0.3 is 4.90 Å². The summed E-state index contributed by atoms with van der Waals surface area (Å²) in [4.78, 5) is 13.9. The molecule has 1 atom stereocenters. The Kier molecular flexibility index (Phi) is 4.61. The number of likely N-dealkylation sites (tertiary alicyclic amines) is 1. The van der Waals surface area contributed by atoms with Gasteiger partial charge in [-0.15, -0.1) is 0 Å². The summed E-state index contributed by atoms with van der Waals surface area (Å²) in [5.74, 6) is -0.175. The van der Waals surface area contributed by atoms with Crippen molar-refractivity contribution in [2.24, 2.45) is 5.92 Å². The van der Waals surface area contributed by atoms with Crippen molar-refractivity contribution in [3.8, 4) is 0 Å². The molecule has 0 radical (unpaired) electrons. The SMILES string of the molecule is CC1CCCN(C(=O)c2ccc(I)cc2C(F)(F)F)C1. The van der Waals surface area contributed by atoms with Gasteiger partial charge in [0.2, 0.25) is 0 Å². The van der Waals surface area contributed by atoms with Crippen molar-refractivity contribution in [2.45, 2.75) is 25.9 Å². The highest BCUT2D eigenvalue weighted by Crippen LogP contribution is 2.34. The zero-order valence-corrected chi connectivity index (χ0v) is 13.2. The van der Waals surface area contributed by atoms with Gasteiger partial charge in [-0.2, -0.15) is 13.2 Å². The summed E-state index contributed by atoms with van der Waals surface area (Å²) >= 11 is 1.82. The predicted octanol–water partition coefficient (Wildman–Crippen LogP) is 4.18. The molecule has 110 valence electrons. The number of carbonyl (C=O) groups is 1. The number of amides is 1. The van der Waals surface area contributed by atoms with Gasteiger partial charge in [-0.3, -0.25) is 4.79 Å². The fourth-order valence-electron chi connectivity index (χ4n) is 2.48. The third-order valence-electron chi connectivity index (χ3n) is 3.46. The second-order valence-corrected chi connectivity index (χ2v) is 6.43. The van der Waals surface area contributed by atoms with Crippen molar-refractivity contribution < 1.29 is 18.0 Å². The zero-order chi connectivity index (χ0) is 14.9. The standard InChI is InChI=1S/C14H15F3INO/c1-9-3-2-6-19(8-9)13(20)11-5-4-10(18)7-12(11)14(15,16)17/h4-5,7,9H,2-3,6,8H2,1H3. The quantitative estimate of drug-likeness (QED) is 0.652. The van der Waals surface area contributed by atoms with Crippen molar-refractivity contribution in [2.75, 3.05) is 13.1 Å². The van der Waals surface area contributed by atoms with Crippen LogP contribution in [0, 0.1) is 9.49 Å². The highest BCUT2D eigenvalue weighted by atomic mass is 127. The maximum atomic E-state index is 13.1. The van der Waals surface area contributed by atoms with Crippen LogP contribution in [0.25, 0.3) is 0 Å². The Balaban J connectivity index is 2.34. The van der Waals surface area contributed by atoms with E-state index in [1.54, 1.807) is 0 Å². The molecule has 1 amide bonds. The number of carbonyl (C=O) groups excluding carboxylic acids is 1. The minimum atomic E-state index is -4.51. The van der Waals surface area contributed by atoms with Crippen LogP contribution in [0.1, 0.15) is 35.7 Å². The average Bonchev–Trinajstić information content (AvgIpc) is 2.37.